The monoisotopic (exact) mass is 373 g/mol. The van der Waals surface area contributed by atoms with E-state index in [1.165, 1.54) is 4.70 Å². The highest BCUT2D eigenvalue weighted by atomic mass is 35.5. The molecule has 0 aliphatic carbocycles. The summed E-state index contributed by atoms with van der Waals surface area (Å²) in [7, 11) is 0. The molecule has 7 heteroatoms. The first-order valence-corrected chi connectivity index (χ1v) is 9.41. The SMILES string of the molecule is CSC(C)(C)[C@H](N)C(=O)NCCCc1nc2ccccc2s1.Cl. The molecule has 0 radical (unpaired) electrons. The summed E-state index contributed by atoms with van der Waals surface area (Å²) in [5.41, 5.74) is 7.06. The lowest BCUT2D eigenvalue weighted by atomic mass is 10.0. The van der Waals surface area contributed by atoms with E-state index >= 15 is 0 Å². The zero-order valence-corrected chi connectivity index (χ0v) is 16.1. The molecule has 4 nitrogen and oxygen atoms in total. The number of para-hydroxylation sites is 1. The van der Waals surface area contributed by atoms with Crippen LogP contribution in [0.4, 0.5) is 0 Å². The zero-order chi connectivity index (χ0) is 16.2. The molecule has 0 fully saturated rings. The molecular weight excluding hydrogens is 350 g/mol. The van der Waals surface area contributed by atoms with Gasteiger partial charge in [0.2, 0.25) is 5.91 Å². The van der Waals surface area contributed by atoms with Gasteiger partial charge >= 0.3 is 0 Å². The third-order valence-corrected chi connectivity index (χ3v) is 6.16. The van der Waals surface area contributed by atoms with Gasteiger partial charge in [-0.1, -0.05) is 12.1 Å². The van der Waals surface area contributed by atoms with Crippen LogP contribution in [0.2, 0.25) is 0 Å². The second-order valence-corrected chi connectivity index (χ2v) is 8.33. The van der Waals surface area contributed by atoms with Crippen LogP contribution < -0.4 is 11.1 Å². The van der Waals surface area contributed by atoms with Gasteiger partial charge in [0, 0.05) is 17.7 Å². The Morgan fingerprint density at radius 2 is 2.13 bits per heavy atom. The Balaban J connectivity index is 0.00000264. The Labute approximate surface area is 152 Å². The molecule has 2 aromatic rings. The maximum absolute atomic E-state index is 12.0. The lowest BCUT2D eigenvalue weighted by Gasteiger charge is -2.28. The Morgan fingerprint density at radius 3 is 2.78 bits per heavy atom. The van der Waals surface area contributed by atoms with Crippen molar-refractivity contribution in [3.8, 4) is 0 Å². The molecule has 1 amide bonds. The van der Waals surface area contributed by atoms with Crippen molar-refractivity contribution < 1.29 is 4.79 Å². The van der Waals surface area contributed by atoms with Crippen LogP contribution in [0, 0.1) is 0 Å². The minimum absolute atomic E-state index is 0. The van der Waals surface area contributed by atoms with Crippen molar-refractivity contribution in [3.63, 3.8) is 0 Å². The van der Waals surface area contributed by atoms with Crippen molar-refractivity contribution >= 4 is 51.6 Å². The van der Waals surface area contributed by atoms with E-state index < -0.39 is 6.04 Å². The standard InChI is InChI=1S/C16H23N3OS2.ClH/c1-16(2,21-3)14(17)15(20)18-10-6-9-13-19-11-7-4-5-8-12(11)22-13;/h4-5,7-8,14H,6,9-10,17H2,1-3H3,(H,18,20);1H/t14-;/m1./s1. The van der Waals surface area contributed by atoms with Crippen LogP contribution in [0.25, 0.3) is 10.2 Å². The van der Waals surface area contributed by atoms with Crippen molar-refractivity contribution in [3.05, 3.63) is 29.3 Å². The summed E-state index contributed by atoms with van der Waals surface area (Å²) in [6.45, 7) is 4.61. The van der Waals surface area contributed by atoms with Gasteiger partial charge in [0.05, 0.1) is 21.3 Å². The average Bonchev–Trinajstić information content (AvgIpc) is 2.93. The van der Waals surface area contributed by atoms with Crippen LogP contribution >= 0.6 is 35.5 Å². The number of carbonyl (C=O) groups is 1. The normalized spacial score (nSPS) is 12.7. The van der Waals surface area contributed by atoms with E-state index in [0.717, 1.165) is 23.4 Å². The molecule has 23 heavy (non-hydrogen) atoms. The molecule has 1 aromatic carbocycles. The molecule has 0 spiro atoms. The van der Waals surface area contributed by atoms with Gasteiger partial charge in [-0.3, -0.25) is 4.79 Å². The van der Waals surface area contributed by atoms with Gasteiger partial charge in [-0.2, -0.15) is 11.8 Å². The molecule has 2 rings (SSSR count). The van der Waals surface area contributed by atoms with Crippen LogP contribution in [0.15, 0.2) is 24.3 Å². The number of aromatic nitrogens is 1. The third kappa shape index (κ3) is 5.35. The molecule has 1 heterocycles. The fourth-order valence-electron chi connectivity index (χ4n) is 2.03. The van der Waals surface area contributed by atoms with E-state index in [0.29, 0.717) is 6.54 Å². The van der Waals surface area contributed by atoms with Gasteiger partial charge in [-0.05, 0) is 38.7 Å². The number of hydrogen-bond acceptors (Lipinski definition) is 5. The van der Waals surface area contributed by atoms with Crippen LogP contribution in [0.5, 0.6) is 0 Å². The maximum atomic E-state index is 12.0. The highest BCUT2D eigenvalue weighted by molar-refractivity contribution is 8.00. The highest BCUT2D eigenvalue weighted by Gasteiger charge is 2.30. The molecule has 0 saturated carbocycles. The van der Waals surface area contributed by atoms with Gasteiger partial charge in [0.1, 0.15) is 0 Å². The van der Waals surface area contributed by atoms with Crippen molar-refractivity contribution in [1.29, 1.82) is 0 Å². The first-order valence-electron chi connectivity index (χ1n) is 7.37. The molecule has 0 aliphatic rings. The molecule has 3 N–H and O–H groups in total. The molecule has 0 unspecified atom stereocenters. The number of fused-ring (bicyclic) bond motifs is 1. The minimum Gasteiger partial charge on any atom is -0.355 e. The van der Waals surface area contributed by atoms with Crippen LogP contribution in [0.3, 0.4) is 0 Å². The van der Waals surface area contributed by atoms with E-state index in [4.69, 9.17) is 5.73 Å². The van der Waals surface area contributed by atoms with E-state index in [-0.39, 0.29) is 23.1 Å². The van der Waals surface area contributed by atoms with Crippen molar-refractivity contribution in [2.75, 3.05) is 12.8 Å². The molecule has 0 aliphatic heterocycles. The zero-order valence-electron chi connectivity index (χ0n) is 13.7. The summed E-state index contributed by atoms with van der Waals surface area (Å²) in [5.74, 6) is -0.0800. The average molecular weight is 374 g/mol. The molecule has 128 valence electrons. The van der Waals surface area contributed by atoms with Gasteiger partial charge < -0.3 is 11.1 Å². The van der Waals surface area contributed by atoms with Crippen molar-refractivity contribution in [2.24, 2.45) is 5.73 Å². The lowest BCUT2D eigenvalue weighted by molar-refractivity contribution is -0.122. The number of hydrogen-bond donors (Lipinski definition) is 2. The number of benzene rings is 1. The quantitative estimate of drug-likeness (QED) is 0.731. The predicted octanol–water partition coefficient (Wildman–Crippen LogP) is 3.24. The topological polar surface area (TPSA) is 68.0 Å². The van der Waals surface area contributed by atoms with Crippen molar-refractivity contribution in [2.45, 2.75) is 37.5 Å². The number of carbonyl (C=O) groups excluding carboxylic acids is 1. The lowest BCUT2D eigenvalue weighted by Crippen LogP contribution is -2.52. The van der Waals surface area contributed by atoms with Gasteiger partial charge in [-0.25, -0.2) is 4.98 Å². The highest BCUT2D eigenvalue weighted by Crippen LogP contribution is 2.24. The Bertz CT molecular complexity index is 612. The van der Waals surface area contributed by atoms with E-state index in [1.54, 1.807) is 23.1 Å². The van der Waals surface area contributed by atoms with E-state index in [9.17, 15) is 4.79 Å². The number of nitrogens with zero attached hydrogens (tertiary/aromatic N) is 1. The summed E-state index contributed by atoms with van der Waals surface area (Å²) < 4.78 is 0.960. The van der Waals surface area contributed by atoms with Crippen LogP contribution in [0.1, 0.15) is 25.3 Å². The smallest absolute Gasteiger partial charge is 0.238 e. The molecule has 0 bridgehead atoms. The first-order chi connectivity index (χ1) is 10.4. The van der Waals surface area contributed by atoms with E-state index in [1.807, 2.05) is 38.3 Å². The second kappa shape index (κ2) is 8.87. The number of amides is 1. The number of nitrogens with one attached hydrogen (secondary N) is 1. The number of thiazole rings is 1. The fraction of sp³-hybridized carbons (Fsp3) is 0.500. The molecular formula is C16H24ClN3OS2. The van der Waals surface area contributed by atoms with E-state index in [2.05, 4.69) is 16.4 Å². The minimum atomic E-state index is -0.495. The van der Waals surface area contributed by atoms with Gasteiger partial charge in [0.15, 0.2) is 0 Å². The molecule has 1 atom stereocenters. The van der Waals surface area contributed by atoms with Gasteiger partial charge in [0.25, 0.3) is 0 Å². The summed E-state index contributed by atoms with van der Waals surface area (Å²) in [6.07, 6.45) is 3.72. The number of rotatable bonds is 7. The number of thioether (sulfide) groups is 1. The fourth-order valence-corrected chi connectivity index (χ4v) is 3.40. The first kappa shape index (κ1) is 20.2. The Kier molecular flexibility index (Phi) is 7.80. The number of nitrogens with two attached hydrogens (primary N) is 1. The van der Waals surface area contributed by atoms with Crippen molar-refractivity contribution in [1.82, 2.24) is 10.3 Å². The van der Waals surface area contributed by atoms with Crippen LogP contribution in [-0.2, 0) is 11.2 Å². The van der Waals surface area contributed by atoms with Gasteiger partial charge in [-0.15, -0.1) is 23.7 Å². The number of halogens is 1. The summed E-state index contributed by atoms with van der Waals surface area (Å²) >= 11 is 3.33. The predicted molar refractivity (Wildman–Crippen MR) is 104 cm³/mol. The largest absolute Gasteiger partial charge is 0.355 e. The summed E-state index contributed by atoms with van der Waals surface area (Å²) in [4.78, 5) is 16.6. The third-order valence-electron chi connectivity index (χ3n) is 3.76. The maximum Gasteiger partial charge on any atom is 0.238 e. The Hall–Kier alpha value is -0.820. The molecule has 1 aromatic heterocycles. The second-order valence-electron chi connectivity index (χ2n) is 5.76. The summed E-state index contributed by atoms with van der Waals surface area (Å²) in [6, 6.07) is 7.65. The summed E-state index contributed by atoms with van der Waals surface area (Å²) in [5, 5.41) is 4.04. The molecule has 0 saturated heterocycles. The van der Waals surface area contributed by atoms with Crippen LogP contribution in [-0.4, -0.2) is 34.5 Å². The Morgan fingerprint density at radius 1 is 1.43 bits per heavy atom. The number of aryl methyl sites for hydroxylation is 1.